The standard InChI is InChI=1S/C13H9BrCl2N2O4/c1-21-11-6(14)3-2-5(9(11)15)8-4-7(17)10(16)12(18-8)22-13(19)20/h2-4H,1H3,(H2,17,18)(H,19,20). The first-order valence-corrected chi connectivity index (χ1v) is 7.29. The summed E-state index contributed by atoms with van der Waals surface area (Å²) in [4.78, 5) is 14.7. The quantitative estimate of drug-likeness (QED) is 0.729. The van der Waals surface area contributed by atoms with Crippen molar-refractivity contribution in [3.05, 3.63) is 32.7 Å². The number of carbonyl (C=O) groups is 1. The molecule has 6 nitrogen and oxygen atoms in total. The topological polar surface area (TPSA) is 94.7 Å². The molecule has 0 radical (unpaired) electrons. The van der Waals surface area contributed by atoms with Crippen molar-refractivity contribution in [3.8, 4) is 22.9 Å². The summed E-state index contributed by atoms with van der Waals surface area (Å²) in [5, 5.41) is 8.90. The Bertz CT molecular complexity index is 755. The van der Waals surface area contributed by atoms with Crippen LogP contribution in [0.1, 0.15) is 0 Å². The number of nitrogen functional groups attached to an aromatic ring is 1. The van der Waals surface area contributed by atoms with Gasteiger partial charge in [0, 0.05) is 5.56 Å². The van der Waals surface area contributed by atoms with E-state index >= 15 is 0 Å². The molecule has 0 saturated heterocycles. The van der Waals surface area contributed by atoms with Crippen LogP contribution in [0.4, 0.5) is 10.5 Å². The number of nitrogens with zero attached hydrogens (tertiary/aromatic N) is 1. The van der Waals surface area contributed by atoms with Crippen LogP contribution in [0.5, 0.6) is 11.6 Å². The molecule has 1 aromatic heterocycles. The van der Waals surface area contributed by atoms with Crippen LogP contribution >= 0.6 is 39.1 Å². The zero-order valence-corrected chi connectivity index (χ0v) is 14.2. The number of aromatic nitrogens is 1. The third-order valence-corrected chi connectivity index (χ3v) is 4.05. The van der Waals surface area contributed by atoms with Gasteiger partial charge in [0.05, 0.1) is 28.0 Å². The molecule has 2 aromatic rings. The molecule has 2 rings (SSSR count). The number of hydrogen-bond acceptors (Lipinski definition) is 5. The zero-order chi connectivity index (χ0) is 16.4. The van der Waals surface area contributed by atoms with Crippen LogP contribution in [0.2, 0.25) is 10.0 Å². The highest BCUT2D eigenvalue weighted by Gasteiger charge is 2.18. The lowest BCUT2D eigenvalue weighted by molar-refractivity contribution is 0.142. The fraction of sp³-hybridized carbons (Fsp3) is 0.0769. The lowest BCUT2D eigenvalue weighted by Crippen LogP contribution is -2.07. The van der Waals surface area contributed by atoms with Crippen LogP contribution in [0.15, 0.2) is 22.7 Å². The van der Waals surface area contributed by atoms with E-state index in [0.29, 0.717) is 21.5 Å². The zero-order valence-electron chi connectivity index (χ0n) is 11.1. The van der Waals surface area contributed by atoms with Crippen molar-refractivity contribution in [1.29, 1.82) is 0 Å². The van der Waals surface area contributed by atoms with Gasteiger partial charge >= 0.3 is 6.16 Å². The average molecular weight is 408 g/mol. The second-order valence-corrected chi connectivity index (χ2v) is 5.64. The van der Waals surface area contributed by atoms with Gasteiger partial charge in [0.2, 0.25) is 5.88 Å². The van der Waals surface area contributed by atoms with E-state index in [1.807, 2.05) is 0 Å². The summed E-state index contributed by atoms with van der Waals surface area (Å²) in [6.45, 7) is 0. The number of ether oxygens (including phenoxy) is 2. The highest BCUT2D eigenvalue weighted by molar-refractivity contribution is 9.10. The molecule has 0 aliphatic heterocycles. The number of carboxylic acid groups (broad SMARTS) is 1. The summed E-state index contributed by atoms with van der Waals surface area (Å²) >= 11 is 15.5. The van der Waals surface area contributed by atoms with Gasteiger partial charge in [-0.2, -0.15) is 0 Å². The maximum Gasteiger partial charge on any atom is 0.512 e. The van der Waals surface area contributed by atoms with Crippen molar-refractivity contribution < 1.29 is 19.4 Å². The number of methoxy groups -OCH3 is 1. The van der Waals surface area contributed by atoms with E-state index in [9.17, 15) is 4.79 Å². The maximum absolute atomic E-state index is 10.7. The minimum atomic E-state index is -1.55. The second kappa shape index (κ2) is 6.60. The van der Waals surface area contributed by atoms with Crippen LogP contribution in [0, 0.1) is 0 Å². The minimum absolute atomic E-state index is 0.0913. The first kappa shape index (κ1) is 16.7. The van der Waals surface area contributed by atoms with Gasteiger partial charge in [-0.25, -0.2) is 9.78 Å². The molecule has 9 heteroatoms. The smallest absolute Gasteiger partial charge is 0.494 e. The van der Waals surface area contributed by atoms with Gasteiger partial charge in [0.1, 0.15) is 5.02 Å². The number of halogens is 3. The van der Waals surface area contributed by atoms with Crippen molar-refractivity contribution >= 4 is 51.0 Å². The van der Waals surface area contributed by atoms with Crippen molar-refractivity contribution in [2.24, 2.45) is 0 Å². The molecule has 1 heterocycles. The van der Waals surface area contributed by atoms with Crippen molar-refractivity contribution in [1.82, 2.24) is 4.98 Å². The summed E-state index contributed by atoms with van der Waals surface area (Å²) in [7, 11) is 1.47. The fourth-order valence-corrected chi connectivity index (χ4v) is 2.81. The molecule has 0 bridgehead atoms. The molecule has 0 saturated carbocycles. The Morgan fingerprint density at radius 2 is 2.05 bits per heavy atom. The van der Waals surface area contributed by atoms with E-state index in [4.69, 9.17) is 38.8 Å². The number of rotatable bonds is 3. The summed E-state index contributed by atoms with van der Waals surface area (Å²) < 4.78 is 10.4. The van der Waals surface area contributed by atoms with E-state index in [1.165, 1.54) is 13.2 Å². The Kier molecular flexibility index (Phi) is 5.00. The Morgan fingerprint density at radius 3 is 2.64 bits per heavy atom. The molecule has 1 aromatic carbocycles. The largest absolute Gasteiger partial charge is 0.512 e. The van der Waals surface area contributed by atoms with Crippen LogP contribution in [0.25, 0.3) is 11.3 Å². The number of nitrogens with two attached hydrogens (primary N) is 1. The minimum Gasteiger partial charge on any atom is -0.494 e. The molecule has 116 valence electrons. The van der Waals surface area contributed by atoms with Crippen molar-refractivity contribution in [2.45, 2.75) is 0 Å². The third-order valence-electron chi connectivity index (χ3n) is 2.67. The molecular formula is C13H9BrCl2N2O4. The molecule has 0 aliphatic carbocycles. The van der Waals surface area contributed by atoms with Gasteiger partial charge in [-0.1, -0.05) is 23.2 Å². The molecule has 0 amide bonds. The number of hydrogen-bond donors (Lipinski definition) is 2. The fourth-order valence-electron chi connectivity index (χ4n) is 1.73. The van der Waals surface area contributed by atoms with Crippen molar-refractivity contribution in [3.63, 3.8) is 0 Å². The maximum atomic E-state index is 10.7. The van der Waals surface area contributed by atoms with Crippen molar-refractivity contribution in [2.75, 3.05) is 12.8 Å². The Hall–Kier alpha value is -1.70. The Labute approximate surface area is 143 Å². The highest BCUT2D eigenvalue weighted by Crippen LogP contribution is 2.41. The van der Waals surface area contributed by atoms with Gasteiger partial charge in [0.15, 0.2) is 5.75 Å². The Balaban J connectivity index is 2.63. The lowest BCUT2D eigenvalue weighted by atomic mass is 10.1. The van der Waals surface area contributed by atoms with Gasteiger partial charge < -0.3 is 20.3 Å². The monoisotopic (exact) mass is 406 g/mol. The molecule has 0 atom stereocenters. The second-order valence-electron chi connectivity index (χ2n) is 4.03. The molecule has 0 unspecified atom stereocenters. The predicted octanol–water partition coefficient (Wildman–Crippen LogP) is 4.47. The number of pyridine rings is 1. The SMILES string of the molecule is COc1c(Br)ccc(-c2cc(N)c(Cl)c(OC(=O)O)n2)c1Cl. The summed E-state index contributed by atoms with van der Waals surface area (Å²) in [6, 6.07) is 4.85. The normalized spacial score (nSPS) is 10.4. The molecule has 0 aliphatic rings. The number of anilines is 1. The lowest BCUT2D eigenvalue weighted by Gasteiger charge is -2.12. The van der Waals surface area contributed by atoms with E-state index in [0.717, 1.165) is 0 Å². The predicted molar refractivity (Wildman–Crippen MR) is 87.0 cm³/mol. The van der Waals surface area contributed by atoms with E-state index in [-0.39, 0.29) is 21.6 Å². The Morgan fingerprint density at radius 1 is 1.36 bits per heavy atom. The third kappa shape index (κ3) is 3.21. The summed E-state index contributed by atoms with van der Waals surface area (Å²) in [5.74, 6) is 0.0947. The first-order valence-electron chi connectivity index (χ1n) is 5.74. The van der Waals surface area contributed by atoms with Gasteiger partial charge in [-0.3, -0.25) is 0 Å². The van der Waals surface area contributed by atoms with Gasteiger partial charge in [-0.05, 0) is 34.1 Å². The van der Waals surface area contributed by atoms with Gasteiger partial charge in [0.25, 0.3) is 0 Å². The summed E-state index contributed by atoms with van der Waals surface area (Å²) in [5.41, 5.74) is 6.65. The van der Waals surface area contributed by atoms with Crippen LogP contribution in [-0.2, 0) is 0 Å². The highest BCUT2D eigenvalue weighted by atomic mass is 79.9. The molecule has 22 heavy (non-hydrogen) atoms. The van der Waals surface area contributed by atoms with E-state index < -0.39 is 6.16 Å². The van der Waals surface area contributed by atoms with Crippen LogP contribution in [0.3, 0.4) is 0 Å². The molecule has 0 spiro atoms. The molecule has 0 fully saturated rings. The van der Waals surface area contributed by atoms with E-state index in [1.54, 1.807) is 12.1 Å². The summed E-state index contributed by atoms with van der Waals surface area (Å²) in [6.07, 6.45) is -1.55. The van der Waals surface area contributed by atoms with E-state index in [2.05, 4.69) is 25.7 Å². The van der Waals surface area contributed by atoms with Crippen LogP contribution < -0.4 is 15.2 Å². The van der Waals surface area contributed by atoms with Crippen LogP contribution in [-0.4, -0.2) is 23.4 Å². The molecule has 3 N–H and O–H groups in total. The number of benzene rings is 1. The van der Waals surface area contributed by atoms with Gasteiger partial charge in [-0.15, -0.1) is 0 Å². The average Bonchev–Trinajstić information content (AvgIpc) is 2.44. The molecular weight excluding hydrogens is 399 g/mol. The first-order chi connectivity index (χ1) is 10.3.